The number of ether oxygens (including phenoxy) is 1. The number of nitrogens with two attached hydrogens (primary N) is 1. The van der Waals surface area contributed by atoms with E-state index in [4.69, 9.17) is 10.5 Å². The summed E-state index contributed by atoms with van der Waals surface area (Å²) >= 11 is 0. The summed E-state index contributed by atoms with van der Waals surface area (Å²) in [7, 11) is 0. The Labute approximate surface area is 216 Å². The zero-order valence-electron chi connectivity index (χ0n) is 22.0. The molecule has 1 saturated carbocycles. The molecule has 1 saturated heterocycles. The predicted octanol–water partition coefficient (Wildman–Crippen LogP) is 6.53. The Bertz CT molecular complexity index is 1110. The predicted molar refractivity (Wildman–Crippen MR) is 149 cm³/mol. The van der Waals surface area contributed by atoms with Crippen molar-refractivity contribution < 1.29 is 4.74 Å². The van der Waals surface area contributed by atoms with E-state index in [1.807, 2.05) is 74.5 Å². The van der Waals surface area contributed by atoms with Crippen molar-refractivity contribution in [3.63, 3.8) is 0 Å². The third-order valence-electron chi connectivity index (χ3n) is 7.20. The summed E-state index contributed by atoms with van der Waals surface area (Å²) in [5, 5.41) is 0. The van der Waals surface area contributed by atoms with Crippen LogP contribution in [0.3, 0.4) is 0 Å². The molecule has 2 fully saturated rings. The quantitative estimate of drug-likeness (QED) is 0.413. The van der Waals surface area contributed by atoms with Gasteiger partial charge in [0.2, 0.25) is 0 Å². The van der Waals surface area contributed by atoms with Crippen molar-refractivity contribution in [3.05, 3.63) is 89.4 Å². The van der Waals surface area contributed by atoms with Crippen molar-refractivity contribution in [1.29, 1.82) is 0 Å². The number of anilines is 1. The molecule has 2 aromatic carbocycles. The van der Waals surface area contributed by atoms with Gasteiger partial charge >= 0.3 is 0 Å². The highest BCUT2D eigenvalue weighted by molar-refractivity contribution is 5.85. The SMILES string of the molecule is C/C=C(/c1cccc(OCc2ccccc2)c1)c1c(C)ncnc1N.CC1CC(CN2CCCC2)C1. The molecular weight excluding hydrogens is 444 g/mol. The van der Waals surface area contributed by atoms with E-state index in [1.54, 1.807) is 0 Å². The highest BCUT2D eigenvalue weighted by atomic mass is 16.5. The van der Waals surface area contributed by atoms with Crippen molar-refractivity contribution in [2.45, 2.75) is 53.1 Å². The van der Waals surface area contributed by atoms with Gasteiger partial charge in [0.25, 0.3) is 0 Å². The lowest BCUT2D eigenvalue weighted by molar-refractivity contribution is 0.150. The summed E-state index contributed by atoms with van der Waals surface area (Å²) in [6.07, 6.45) is 9.40. The van der Waals surface area contributed by atoms with Gasteiger partial charge in [0, 0.05) is 12.1 Å². The second-order valence-corrected chi connectivity index (χ2v) is 10.2. The molecule has 2 aliphatic rings. The number of nitrogens with zero attached hydrogens (tertiary/aromatic N) is 3. The van der Waals surface area contributed by atoms with Gasteiger partial charge in [-0.05, 0) is 93.3 Å². The monoisotopic (exact) mass is 484 g/mol. The van der Waals surface area contributed by atoms with Gasteiger partial charge in [-0.15, -0.1) is 0 Å². The van der Waals surface area contributed by atoms with E-state index in [0.29, 0.717) is 12.4 Å². The van der Waals surface area contributed by atoms with Crippen LogP contribution < -0.4 is 10.5 Å². The maximum Gasteiger partial charge on any atom is 0.134 e. The number of aryl methyl sites for hydroxylation is 1. The molecule has 2 N–H and O–H groups in total. The van der Waals surface area contributed by atoms with Crippen LogP contribution in [-0.2, 0) is 6.61 Å². The molecule has 1 aromatic heterocycles. The van der Waals surface area contributed by atoms with Gasteiger partial charge in [-0.3, -0.25) is 0 Å². The van der Waals surface area contributed by atoms with Gasteiger partial charge in [-0.2, -0.15) is 0 Å². The Balaban J connectivity index is 0.000000229. The van der Waals surface area contributed by atoms with E-state index in [-0.39, 0.29) is 0 Å². The third kappa shape index (κ3) is 6.94. The third-order valence-corrected chi connectivity index (χ3v) is 7.20. The highest BCUT2D eigenvalue weighted by Crippen LogP contribution is 2.34. The van der Waals surface area contributed by atoms with Crippen LogP contribution in [0.2, 0.25) is 0 Å². The van der Waals surface area contributed by atoms with Gasteiger partial charge in [0.15, 0.2) is 0 Å². The van der Waals surface area contributed by atoms with Crippen LogP contribution in [0.4, 0.5) is 5.82 Å². The lowest BCUT2D eigenvalue weighted by atomic mass is 9.76. The second-order valence-electron chi connectivity index (χ2n) is 10.2. The zero-order chi connectivity index (χ0) is 25.3. The molecule has 1 aliphatic carbocycles. The first kappa shape index (κ1) is 25.9. The van der Waals surface area contributed by atoms with E-state index in [0.717, 1.165) is 45.5 Å². The summed E-state index contributed by atoms with van der Waals surface area (Å²) in [5.74, 6) is 3.38. The molecule has 5 heteroatoms. The van der Waals surface area contributed by atoms with Crippen LogP contribution in [0, 0.1) is 18.8 Å². The van der Waals surface area contributed by atoms with E-state index in [9.17, 15) is 0 Å². The molecule has 0 bridgehead atoms. The van der Waals surface area contributed by atoms with E-state index >= 15 is 0 Å². The maximum absolute atomic E-state index is 6.08. The van der Waals surface area contributed by atoms with Crippen LogP contribution in [-0.4, -0.2) is 34.5 Å². The van der Waals surface area contributed by atoms with E-state index in [2.05, 4.69) is 21.8 Å². The van der Waals surface area contributed by atoms with Crippen molar-refractivity contribution in [3.8, 4) is 5.75 Å². The first-order chi connectivity index (χ1) is 17.5. The molecule has 36 heavy (non-hydrogen) atoms. The maximum atomic E-state index is 6.08. The number of benzene rings is 2. The second kappa shape index (κ2) is 12.7. The minimum atomic E-state index is 0.483. The first-order valence-electron chi connectivity index (χ1n) is 13.3. The Hall–Kier alpha value is -3.18. The van der Waals surface area contributed by atoms with Crippen LogP contribution in [0.15, 0.2) is 67.0 Å². The van der Waals surface area contributed by atoms with Crippen molar-refractivity contribution in [2.24, 2.45) is 11.8 Å². The fraction of sp³-hybridized carbons (Fsp3) is 0.419. The minimum Gasteiger partial charge on any atom is -0.489 e. The largest absolute Gasteiger partial charge is 0.489 e. The average molecular weight is 485 g/mol. The highest BCUT2D eigenvalue weighted by Gasteiger charge is 2.27. The number of nitrogen functional groups attached to an aromatic ring is 1. The number of allylic oxidation sites excluding steroid dienone is 1. The zero-order valence-corrected chi connectivity index (χ0v) is 22.0. The van der Waals surface area contributed by atoms with E-state index < -0.39 is 0 Å². The van der Waals surface area contributed by atoms with Crippen LogP contribution >= 0.6 is 0 Å². The standard InChI is InChI=1S/C21H21N3O.C10H19N/c1-3-19(20-15(2)23-14-24-21(20)22)17-10-7-11-18(12-17)25-13-16-8-5-4-6-9-16;1-9-6-10(7-9)8-11-4-2-3-5-11/h3-12,14H,13H2,1-2H3,(H2,22,23,24);9-10H,2-8H2,1H3/b19-3-;. The lowest BCUT2D eigenvalue weighted by Gasteiger charge is -2.35. The number of likely N-dealkylation sites (tertiary alicyclic amines) is 1. The van der Waals surface area contributed by atoms with Gasteiger partial charge in [-0.25, -0.2) is 9.97 Å². The lowest BCUT2D eigenvalue weighted by Crippen LogP contribution is -2.33. The Morgan fingerprint density at radius 2 is 1.81 bits per heavy atom. The Kier molecular flexibility index (Phi) is 9.12. The van der Waals surface area contributed by atoms with Gasteiger partial charge < -0.3 is 15.4 Å². The van der Waals surface area contributed by atoms with Crippen molar-refractivity contribution in [1.82, 2.24) is 14.9 Å². The van der Waals surface area contributed by atoms with Gasteiger partial charge in [-0.1, -0.05) is 55.5 Å². The number of rotatable bonds is 7. The minimum absolute atomic E-state index is 0.483. The van der Waals surface area contributed by atoms with Crippen LogP contribution in [0.1, 0.15) is 61.9 Å². The van der Waals surface area contributed by atoms with Crippen LogP contribution in [0.25, 0.3) is 5.57 Å². The average Bonchev–Trinajstić information content (AvgIpc) is 3.39. The number of hydrogen-bond acceptors (Lipinski definition) is 5. The van der Waals surface area contributed by atoms with Crippen molar-refractivity contribution >= 4 is 11.4 Å². The molecule has 0 radical (unpaired) electrons. The molecule has 1 aliphatic heterocycles. The number of hydrogen-bond donors (Lipinski definition) is 1. The Morgan fingerprint density at radius 1 is 1.06 bits per heavy atom. The molecule has 3 aromatic rings. The summed E-state index contributed by atoms with van der Waals surface area (Å²) in [6.45, 7) is 11.0. The first-order valence-corrected chi connectivity index (χ1v) is 13.3. The molecule has 5 rings (SSSR count). The topological polar surface area (TPSA) is 64.3 Å². The molecule has 5 nitrogen and oxygen atoms in total. The summed E-state index contributed by atoms with van der Waals surface area (Å²) in [4.78, 5) is 11.0. The van der Waals surface area contributed by atoms with Gasteiger partial charge in [0.1, 0.15) is 24.5 Å². The summed E-state index contributed by atoms with van der Waals surface area (Å²) in [5.41, 5.74) is 11.0. The smallest absolute Gasteiger partial charge is 0.134 e. The molecule has 0 atom stereocenters. The molecule has 190 valence electrons. The van der Waals surface area contributed by atoms with Crippen LogP contribution in [0.5, 0.6) is 5.75 Å². The van der Waals surface area contributed by atoms with E-state index in [1.165, 1.54) is 51.6 Å². The molecule has 0 unspecified atom stereocenters. The Morgan fingerprint density at radius 3 is 2.47 bits per heavy atom. The molecular formula is C31H40N4O. The molecule has 0 spiro atoms. The molecule has 2 heterocycles. The molecule has 0 amide bonds. The summed E-state index contributed by atoms with van der Waals surface area (Å²) < 4.78 is 5.93. The van der Waals surface area contributed by atoms with Crippen molar-refractivity contribution in [2.75, 3.05) is 25.4 Å². The normalized spacial score (nSPS) is 19.8. The van der Waals surface area contributed by atoms with Gasteiger partial charge in [0.05, 0.1) is 5.69 Å². The fourth-order valence-electron chi connectivity index (χ4n) is 5.32. The summed E-state index contributed by atoms with van der Waals surface area (Å²) in [6, 6.07) is 18.1. The number of aromatic nitrogens is 2. The fourth-order valence-corrected chi connectivity index (χ4v) is 5.32.